The number of nitrogens with zero attached hydrogens (tertiary/aromatic N) is 1. The zero-order chi connectivity index (χ0) is 18.2. The van der Waals surface area contributed by atoms with Gasteiger partial charge in [0.1, 0.15) is 0 Å². The third-order valence-electron chi connectivity index (χ3n) is 3.20. The van der Waals surface area contributed by atoms with Crippen molar-refractivity contribution >= 4 is 46.4 Å². The minimum absolute atomic E-state index is 0.0323. The van der Waals surface area contributed by atoms with Crippen molar-refractivity contribution in [2.45, 2.75) is 19.8 Å². The molecule has 0 aliphatic carbocycles. The monoisotopic (exact) mass is 377 g/mol. The van der Waals surface area contributed by atoms with Crippen LogP contribution in [0.1, 0.15) is 18.9 Å². The Morgan fingerprint density at radius 1 is 1.04 bits per heavy atom. The van der Waals surface area contributed by atoms with Gasteiger partial charge in [-0.1, -0.05) is 53.5 Å². The number of nitrogens with one attached hydrogen (secondary N) is 2. The lowest BCUT2D eigenvalue weighted by molar-refractivity contribution is -0.120. The normalized spacial score (nSPS) is 11.1. The van der Waals surface area contributed by atoms with E-state index in [4.69, 9.17) is 23.2 Å². The van der Waals surface area contributed by atoms with Crippen LogP contribution in [0.15, 0.2) is 53.6 Å². The Balaban J connectivity index is 1.83. The van der Waals surface area contributed by atoms with E-state index in [1.165, 1.54) is 0 Å². The molecular formula is C18H17Cl2N3O2. The number of carbonyl (C=O) groups is 2. The Morgan fingerprint density at radius 2 is 1.76 bits per heavy atom. The molecule has 0 bridgehead atoms. The van der Waals surface area contributed by atoms with Crippen molar-refractivity contribution in [3.05, 3.63) is 64.1 Å². The summed E-state index contributed by atoms with van der Waals surface area (Å²) in [5.74, 6) is -0.533. The second kappa shape index (κ2) is 9.20. The van der Waals surface area contributed by atoms with Crippen LogP contribution in [0, 0.1) is 0 Å². The number of carbonyl (C=O) groups excluding carboxylic acids is 2. The number of halogens is 2. The highest BCUT2D eigenvalue weighted by atomic mass is 35.5. The lowest BCUT2D eigenvalue weighted by atomic mass is 10.1. The summed E-state index contributed by atoms with van der Waals surface area (Å²) in [5, 5.41) is 7.45. The van der Waals surface area contributed by atoms with Gasteiger partial charge in [0, 0.05) is 10.7 Å². The first-order valence-electron chi connectivity index (χ1n) is 7.55. The fraction of sp³-hybridized carbons (Fsp3) is 0.167. The van der Waals surface area contributed by atoms with Crippen LogP contribution in [-0.2, 0) is 16.0 Å². The molecule has 0 radical (unpaired) electrons. The van der Waals surface area contributed by atoms with E-state index < -0.39 is 0 Å². The molecule has 7 heteroatoms. The molecule has 2 N–H and O–H groups in total. The molecule has 2 rings (SSSR count). The highest BCUT2D eigenvalue weighted by molar-refractivity contribution is 6.36. The second-order valence-electron chi connectivity index (χ2n) is 5.39. The molecule has 2 aromatic rings. The molecule has 0 saturated carbocycles. The van der Waals surface area contributed by atoms with Crippen LogP contribution in [0.3, 0.4) is 0 Å². The predicted molar refractivity (Wildman–Crippen MR) is 101 cm³/mol. The van der Waals surface area contributed by atoms with E-state index in [1.807, 2.05) is 30.3 Å². The lowest BCUT2D eigenvalue weighted by Gasteiger charge is -2.07. The number of benzene rings is 2. The maximum Gasteiger partial charge on any atom is 0.244 e. The molecule has 0 saturated heterocycles. The third kappa shape index (κ3) is 6.57. The topological polar surface area (TPSA) is 70.6 Å². The molecule has 0 unspecified atom stereocenters. The zero-order valence-corrected chi connectivity index (χ0v) is 15.1. The Hall–Kier alpha value is -2.37. The molecule has 0 fully saturated rings. The van der Waals surface area contributed by atoms with E-state index in [9.17, 15) is 9.59 Å². The molecule has 2 aromatic carbocycles. The van der Waals surface area contributed by atoms with Crippen LogP contribution in [0.4, 0.5) is 5.69 Å². The summed E-state index contributed by atoms with van der Waals surface area (Å²) in [5.41, 5.74) is 4.28. The molecule has 0 spiro atoms. The van der Waals surface area contributed by atoms with Gasteiger partial charge in [-0.15, -0.1) is 0 Å². The van der Waals surface area contributed by atoms with Gasteiger partial charge in [-0.25, -0.2) is 5.43 Å². The summed E-state index contributed by atoms with van der Waals surface area (Å²) < 4.78 is 0. The standard InChI is InChI=1S/C18H17Cl2N3O2/c1-12(22-23-18(25)10-13-5-3-2-4-6-13)9-17(24)21-16-8-7-14(19)11-15(16)20/h2-8,11H,9-10H2,1H3,(H,21,24)(H,23,25)/b22-12-. The number of rotatable bonds is 6. The van der Waals surface area contributed by atoms with Crippen LogP contribution < -0.4 is 10.7 Å². The molecule has 0 aliphatic rings. The van der Waals surface area contributed by atoms with Crippen molar-refractivity contribution < 1.29 is 9.59 Å². The number of hydrazone groups is 1. The van der Waals surface area contributed by atoms with Gasteiger partial charge in [-0.05, 0) is 30.7 Å². The average molecular weight is 378 g/mol. The van der Waals surface area contributed by atoms with Gasteiger partial charge in [0.2, 0.25) is 11.8 Å². The summed E-state index contributed by atoms with van der Waals surface area (Å²) in [4.78, 5) is 23.8. The third-order valence-corrected chi connectivity index (χ3v) is 3.75. The van der Waals surface area contributed by atoms with Crippen LogP contribution in [0.25, 0.3) is 0 Å². The SMILES string of the molecule is C/C(CC(=O)Nc1ccc(Cl)cc1Cl)=N/NC(=O)Cc1ccccc1. The lowest BCUT2D eigenvalue weighted by Crippen LogP contribution is -2.22. The van der Waals surface area contributed by atoms with E-state index in [0.717, 1.165) is 5.56 Å². The largest absolute Gasteiger partial charge is 0.324 e. The molecule has 0 aliphatic heterocycles. The number of anilines is 1. The smallest absolute Gasteiger partial charge is 0.244 e. The molecule has 130 valence electrons. The molecular weight excluding hydrogens is 361 g/mol. The van der Waals surface area contributed by atoms with Crippen LogP contribution in [-0.4, -0.2) is 17.5 Å². The minimum Gasteiger partial charge on any atom is -0.324 e. The molecule has 5 nitrogen and oxygen atoms in total. The Kier molecular flexibility index (Phi) is 6.98. The van der Waals surface area contributed by atoms with E-state index in [0.29, 0.717) is 21.4 Å². The number of hydrogen-bond donors (Lipinski definition) is 2. The second-order valence-corrected chi connectivity index (χ2v) is 6.24. The minimum atomic E-state index is -0.289. The first kappa shape index (κ1) is 19.0. The van der Waals surface area contributed by atoms with Crippen LogP contribution in [0.2, 0.25) is 10.0 Å². The van der Waals surface area contributed by atoms with E-state index in [2.05, 4.69) is 15.8 Å². The van der Waals surface area contributed by atoms with E-state index >= 15 is 0 Å². The summed E-state index contributed by atoms with van der Waals surface area (Å²) in [6.45, 7) is 1.66. The Labute approximate surface area is 156 Å². The van der Waals surface area contributed by atoms with E-state index in [-0.39, 0.29) is 24.7 Å². The maximum atomic E-state index is 12.0. The van der Waals surface area contributed by atoms with Crippen molar-refractivity contribution in [3.8, 4) is 0 Å². The summed E-state index contributed by atoms with van der Waals surface area (Å²) >= 11 is 11.8. The molecule has 0 aromatic heterocycles. The first-order chi connectivity index (χ1) is 11.9. The van der Waals surface area contributed by atoms with Gasteiger partial charge in [0.05, 0.1) is 23.6 Å². The zero-order valence-electron chi connectivity index (χ0n) is 13.6. The van der Waals surface area contributed by atoms with Crippen molar-refractivity contribution in [2.24, 2.45) is 5.10 Å². The van der Waals surface area contributed by atoms with Gasteiger partial charge in [-0.2, -0.15) is 5.10 Å². The van der Waals surface area contributed by atoms with Crippen molar-refractivity contribution in [2.75, 3.05) is 5.32 Å². The summed E-state index contributed by atoms with van der Waals surface area (Å²) in [7, 11) is 0. The van der Waals surface area contributed by atoms with Gasteiger partial charge >= 0.3 is 0 Å². The molecule has 0 heterocycles. The fourth-order valence-electron chi connectivity index (χ4n) is 2.04. The van der Waals surface area contributed by atoms with Gasteiger partial charge in [0.25, 0.3) is 0 Å². The molecule has 2 amide bonds. The van der Waals surface area contributed by atoms with Crippen LogP contribution >= 0.6 is 23.2 Å². The van der Waals surface area contributed by atoms with Gasteiger partial charge in [-0.3, -0.25) is 9.59 Å². The summed E-state index contributed by atoms with van der Waals surface area (Å²) in [6, 6.07) is 14.1. The summed E-state index contributed by atoms with van der Waals surface area (Å²) in [6.07, 6.45) is 0.259. The average Bonchev–Trinajstić information content (AvgIpc) is 2.56. The number of hydrogen-bond acceptors (Lipinski definition) is 3. The first-order valence-corrected chi connectivity index (χ1v) is 8.30. The van der Waals surface area contributed by atoms with Crippen molar-refractivity contribution in [1.82, 2.24) is 5.43 Å². The Bertz CT molecular complexity index is 792. The highest BCUT2D eigenvalue weighted by Crippen LogP contribution is 2.25. The quantitative estimate of drug-likeness (QED) is 0.588. The predicted octanol–water partition coefficient (Wildman–Crippen LogP) is 4.06. The molecule has 0 atom stereocenters. The van der Waals surface area contributed by atoms with Crippen LogP contribution in [0.5, 0.6) is 0 Å². The van der Waals surface area contributed by atoms with Crippen molar-refractivity contribution in [3.63, 3.8) is 0 Å². The fourth-order valence-corrected chi connectivity index (χ4v) is 2.49. The van der Waals surface area contributed by atoms with Gasteiger partial charge in [0.15, 0.2) is 0 Å². The molecule has 25 heavy (non-hydrogen) atoms. The van der Waals surface area contributed by atoms with Crippen molar-refractivity contribution in [1.29, 1.82) is 0 Å². The number of amides is 2. The Morgan fingerprint density at radius 3 is 2.44 bits per heavy atom. The van der Waals surface area contributed by atoms with E-state index in [1.54, 1.807) is 25.1 Å². The maximum absolute atomic E-state index is 12.0. The highest BCUT2D eigenvalue weighted by Gasteiger charge is 2.08. The van der Waals surface area contributed by atoms with Gasteiger partial charge < -0.3 is 5.32 Å².